The third-order valence-electron chi connectivity index (χ3n) is 4.38. The lowest BCUT2D eigenvalue weighted by molar-refractivity contribution is -0.244. The summed E-state index contributed by atoms with van der Waals surface area (Å²) >= 11 is 0. The van der Waals surface area contributed by atoms with Crippen molar-refractivity contribution >= 4 is 0 Å². The van der Waals surface area contributed by atoms with Crippen LogP contribution in [0.5, 0.6) is 0 Å². The molecular formula is C16H20O5. The molecule has 5 heteroatoms. The largest absolute Gasteiger partial charge is 0.390 e. The molecule has 3 aliphatic heterocycles. The van der Waals surface area contributed by atoms with Gasteiger partial charge in [-0.05, 0) is 25.0 Å². The first kappa shape index (κ1) is 13.7. The van der Waals surface area contributed by atoms with Crippen molar-refractivity contribution in [3.8, 4) is 0 Å². The molecule has 5 atom stereocenters. The van der Waals surface area contributed by atoms with Gasteiger partial charge in [0.15, 0.2) is 12.1 Å². The van der Waals surface area contributed by atoms with E-state index >= 15 is 0 Å². The van der Waals surface area contributed by atoms with Gasteiger partial charge in [-0.3, -0.25) is 0 Å². The van der Waals surface area contributed by atoms with Gasteiger partial charge in [-0.25, -0.2) is 0 Å². The van der Waals surface area contributed by atoms with Crippen LogP contribution in [0.1, 0.15) is 25.0 Å². The Hall–Kier alpha value is -0.980. The van der Waals surface area contributed by atoms with Crippen molar-refractivity contribution in [1.82, 2.24) is 0 Å². The monoisotopic (exact) mass is 292 g/mol. The molecule has 0 unspecified atom stereocenters. The molecule has 1 aromatic rings. The summed E-state index contributed by atoms with van der Waals surface area (Å²) in [6.07, 6.45) is -1.60. The van der Waals surface area contributed by atoms with Crippen LogP contribution in [0.25, 0.3) is 0 Å². The van der Waals surface area contributed by atoms with E-state index < -0.39 is 24.3 Å². The Labute approximate surface area is 123 Å². The topological polar surface area (TPSA) is 57.2 Å². The molecule has 3 aliphatic rings. The van der Waals surface area contributed by atoms with Crippen molar-refractivity contribution in [3.05, 3.63) is 35.4 Å². The van der Waals surface area contributed by atoms with Crippen LogP contribution in [0.2, 0.25) is 0 Å². The molecule has 1 aromatic carbocycles. The highest BCUT2D eigenvalue weighted by Crippen LogP contribution is 2.41. The second kappa shape index (κ2) is 4.76. The van der Waals surface area contributed by atoms with E-state index in [0.29, 0.717) is 13.0 Å². The van der Waals surface area contributed by atoms with E-state index in [2.05, 4.69) is 0 Å². The lowest BCUT2D eigenvalue weighted by atomic mass is 9.96. The highest BCUT2D eigenvalue weighted by molar-refractivity contribution is 5.28. The molecule has 0 amide bonds. The Bertz CT molecular complexity index is 543. The Morgan fingerprint density at radius 1 is 1.05 bits per heavy atom. The zero-order chi connectivity index (χ0) is 14.6. The average Bonchev–Trinajstić information content (AvgIpc) is 2.92. The minimum Gasteiger partial charge on any atom is -0.390 e. The first-order valence-electron chi connectivity index (χ1n) is 7.41. The van der Waals surface area contributed by atoms with Gasteiger partial charge in [0, 0.05) is 6.42 Å². The molecule has 21 heavy (non-hydrogen) atoms. The number of hydrogen-bond acceptors (Lipinski definition) is 5. The molecule has 1 N–H and O–H groups in total. The summed E-state index contributed by atoms with van der Waals surface area (Å²) in [6, 6.07) is 8.00. The molecule has 0 saturated carbocycles. The summed E-state index contributed by atoms with van der Waals surface area (Å²) < 4.78 is 23.6. The molecule has 0 radical (unpaired) electrons. The SMILES string of the molecule is CC1(C)O[C@@H]2[C@H](O1)[C@@H]1OCc3ccccc3C[C@@H](O)[C@H]2O1. The van der Waals surface area contributed by atoms with Crippen LogP contribution in [0.15, 0.2) is 24.3 Å². The Kier molecular flexibility index (Phi) is 3.10. The van der Waals surface area contributed by atoms with Gasteiger partial charge in [0.05, 0.1) is 12.7 Å². The van der Waals surface area contributed by atoms with Crippen molar-refractivity contribution < 1.29 is 24.1 Å². The fourth-order valence-corrected chi connectivity index (χ4v) is 3.45. The molecular weight excluding hydrogens is 272 g/mol. The highest BCUT2D eigenvalue weighted by Gasteiger charge is 2.57. The van der Waals surface area contributed by atoms with Crippen molar-refractivity contribution in [2.24, 2.45) is 0 Å². The Balaban J connectivity index is 1.67. The first-order valence-corrected chi connectivity index (χ1v) is 7.41. The number of ether oxygens (including phenoxy) is 4. The van der Waals surface area contributed by atoms with Gasteiger partial charge < -0.3 is 24.1 Å². The molecule has 0 spiro atoms. The molecule has 0 aliphatic carbocycles. The van der Waals surface area contributed by atoms with Gasteiger partial charge in [-0.15, -0.1) is 0 Å². The maximum Gasteiger partial charge on any atom is 0.187 e. The maximum absolute atomic E-state index is 10.6. The first-order chi connectivity index (χ1) is 10.0. The van der Waals surface area contributed by atoms with Crippen LogP contribution in [-0.4, -0.2) is 41.6 Å². The van der Waals surface area contributed by atoms with Crippen LogP contribution in [-0.2, 0) is 32.0 Å². The normalized spacial score (nSPS) is 40.8. The van der Waals surface area contributed by atoms with Gasteiger partial charge in [0.2, 0.25) is 0 Å². The molecule has 114 valence electrons. The number of fused-ring (bicyclic) bond motifs is 6. The number of hydrogen-bond donors (Lipinski definition) is 1. The van der Waals surface area contributed by atoms with Crippen molar-refractivity contribution in [2.75, 3.05) is 0 Å². The fourth-order valence-electron chi connectivity index (χ4n) is 3.45. The molecule has 3 heterocycles. The van der Waals surface area contributed by atoms with E-state index in [9.17, 15) is 5.11 Å². The standard InChI is InChI=1S/C16H20O5/c1-16(2)20-13-12-11(17)7-9-5-3-4-6-10(9)8-18-15(19-12)14(13)21-16/h3-6,11-15,17H,7-8H2,1-2H3/t11-,12-,13+,14+,15-/m1/s1. The van der Waals surface area contributed by atoms with E-state index in [-0.39, 0.29) is 12.2 Å². The van der Waals surface area contributed by atoms with Gasteiger partial charge in [0.25, 0.3) is 0 Å². The minimum atomic E-state index is -0.667. The van der Waals surface area contributed by atoms with Crippen LogP contribution in [0.3, 0.4) is 0 Å². The Morgan fingerprint density at radius 3 is 2.57 bits per heavy atom. The predicted molar refractivity (Wildman–Crippen MR) is 73.4 cm³/mol. The van der Waals surface area contributed by atoms with E-state index in [0.717, 1.165) is 11.1 Å². The molecule has 0 aromatic heterocycles. The third-order valence-corrected chi connectivity index (χ3v) is 4.38. The summed E-state index contributed by atoms with van der Waals surface area (Å²) in [4.78, 5) is 0. The molecule has 2 saturated heterocycles. The lowest BCUT2D eigenvalue weighted by Crippen LogP contribution is -2.39. The maximum atomic E-state index is 10.6. The second-order valence-electron chi connectivity index (χ2n) is 6.39. The summed E-state index contributed by atoms with van der Waals surface area (Å²) in [5.41, 5.74) is 2.18. The molecule has 5 nitrogen and oxygen atoms in total. The van der Waals surface area contributed by atoms with Crippen LogP contribution in [0, 0.1) is 0 Å². The number of benzene rings is 1. The second-order valence-corrected chi connectivity index (χ2v) is 6.39. The third kappa shape index (κ3) is 2.29. The zero-order valence-corrected chi connectivity index (χ0v) is 12.2. The number of aliphatic hydroxyl groups excluding tert-OH is 1. The lowest BCUT2D eigenvalue weighted by Gasteiger charge is -2.25. The number of aliphatic hydroxyl groups is 1. The molecule has 2 bridgehead atoms. The van der Waals surface area contributed by atoms with E-state index in [4.69, 9.17) is 18.9 Å². The van der Waals surface area contributed by atoms with Crippen molar-refractivity contribution in [1.29, 1.82) is 0 Å². The molecule has 4 rings (SSSR count). The van der Waals surface area contributed by atoms with E-state index in [1.165, 1.54) is 0 Å². The smallest absolute Gasteiger partial charge is 0.187 e. The summed E-state index contributed by atoms with van der Waals surface area (Å²) in [5.74, 6) is -0.667. The van der Waals surface area contributed by atoms with Crippen LogP contribution in [0.4, 0.5) is 0 Å². The zero-order valence-electron chi connectivity index (χ0n) is 12.2. The summed E-state index contributed by atoms with van der Waals surface area (Å²) in [5, 5.41) is 10.6. The van der Waals surface area contributed by atoms with E-state index in [1.807, 2.05) is 38.1 Å². The molecule has 2 fully saturated rings. The quantitative estimate of drug-likeness (QED) is 0.782. The van der Waals surface area contributed by atoms with Crippen molar-refractivity contribution in [2.45, 2.75) is 63.4 Å². The highest BCUT2D eigenvalue weighted by atomic mass is 16.8. The number of rotatable bonds is 0. The van der Waals surface area contributed by atoms with Crippen molar-refractivity contribution in [3.63, 3.8) is 0 Å². The summed E-state index contributed by atoms with van der Waals surface area (Å²) in [7, 11) is 0. The minimum absolute atomic E-state index is 0.287. The Morgan fingerprint density at radius 2 is 1.76 bits per heavy atom. The van der Waals surface area contributed by atoms with Crippen LogP contribution >= 0.6 is 0 Å². The average molecular weight is 292 g/mol. The van der Waals surface area contributed by atoms with Gasteiger partial charge in [-0.1, -0.05) is 24.3 Å². The van der Waals surface area contributed by atoms with Crippen LogP contribution < -0.4 is 0 Å². The van der Waals surface area contributed by atoms with Gasteiger partial charge >= 0.3 is 0 Å². The van der Waals surface area contributed by atoms with Gasteiger partial charge in [-0.2, -0.15) is 0 Å². The predicted octanol–water partition coefficient (Wildman–Crippen LogP) is 1.37. The summed E-state index contributed by atoms with van der Waals surface area (Å²) in [6.45, 7) is 4.20. The van der Waals surface area contributed by atoms with E-state index in [1.54, 1.807) is 0 Å². The van der Waals surface area contributed by atoms with Gasteiger partial charge in [0.1, 0.15) is 18.3 Å². The fraction of sp³-hybridized carbons (Fsp3) is 0.625.